The summed E-state index contributed by atoms with van der Waals surface area (Å²) < 4.78 is 8.78. The Morgan fingerprint density at radius 2 is 1.80 bits per heavy atom. The van der Waals surface area contributed by atoms with Crippen LogP contribution in [0.1, 0.15) is 45.0 Å². The van der Waals surface area contributed by atoms with Crippen molar-refractivity contribution in [2.24, 2.45) is 0 Å². The molecule has 204 valence electrons. The molecule has 10 nitrogen and oxygen atoms in total. The van der Waals surface area contributed by atoms with Gasteiger partial charge in [-0.3, -0.25) is 14.5 Å². The average molecular weight is 545 g/mol. The molecule has 1 fully saturated rings. The quantitative estimate of drug-likeness (QED) is 0.269. The van der Waals surface area contributed by atoms with Crippen LogP contribution in [0.15, 0.2) is 79.4 Å². The Kier molecular flexibility index (Phi) is 5.67. The van der Waals surface area contributed by atoms with E-state index in [0.29, 0.717) is 11.5 Å². The minimum Gasteiger partial charge on any atom is -0.459 e. The number of aromatic nitrogens is 8. The molecular formula is C31H28N8O2. The molecule has 0 atom stereocenters. The number of hydrogen-bond acceptors (Lipinski definition) is 8. The summed E-state index contributed by atoms with van der Waals surface area (Å²) in [5.41, 5.74) is 4.81. The first-order valence-corrected chi connectivity index (χ1v) is 13.6. The zero-order valence-corrected chi connectivity index (χ0v) is 23.0. The van der Waals surface area contributed by atoms with Crippen molar-refractivity contribution in [3.63, 3.8) is 0 Å². The second-order valence-corrected chi connectivity index (χ2v) is 11.5. The first-order valence-electron chi connectivity index (χ1n) is 13.6. The largest absolute Gasteiger partial charge is 0.459 e. The Labute approximate surface area is 236 Å². The van der Waals surface area contributed by atoms with Crippen LogP contribution in [0.2, 0.25) is 0 Å². The number of carbonyl (C=O) groups is 1. The molecule has 0 unspecified atom stereocenters. The first kappa shape index (κ1) is 25.0. The molecule has 0 N–H and O–H groups in total. The van der Waals surface area contributed by atoms with Crippen molar-refractivity contribution < 1.29 is 9.53 Å². The summed E-state index contributed by atoms with van der Waals surface area (Å²) in [6.45, 7) is 5.59. The number of carbonyl (C=O) groups excluding carboxylic acids is 1. The normalized spacial score (nSPS) is 14.4. The minimum absolute atomic E-state index is 0.0466. The zero-order chi connectivity index (χ0) is 28.2. The van der Waals surface area contributed by atoms with E-state index >= 15 is 0 Å². The molecule has 2 aromatic carbocycles. The third kappa shape index (κ3) is 4.71. The molecule has 7 rings (SSSR count). The van der Waals surface area contributed by atoms with Gasteiger partial charge in [-0.1, -0.05) is 30.3 Å². The molecule has 1 saturated carbocycles. The topological polar surface area (TPSA) is 113 Å². The maximum Gasteiger partial charge on any atom is 0.328 e. The Bertz CT molecular complexity index is 1930. The highest BCUT2D eigenvalue weighted by molar-refractivity contribution is 5.79. The number of rotatable bonds is 6. The van der Waals surface area contributed by atoms with Crippen LogP contribution in [0.3, 0.4) is 0 Å². The highest BCUT2D eigenvalue weighted by Gasteiger charge is 2.50. The summed E-state index contributed by atoms with van der Waals surface area (Å²) in [4.78, 5) is 21.3. The van der Waals surface area contributed by atoms with E-state index in [1.54, 1.807) is 21.6 Å². The Morgan fingerprint density at radius 3 is 2.63 bits per heavy atom. The number of pyridine rings is 1. The summed E-state index contributed by atoms with van der Waals surface area (Å²) in [7, 11) is 0. The Hall–Kier alpha value is -4.99. The predicted molar refractivity (Wildman–Crippen MR) is 153 cm³/mol. The van der Waals surface area contributed by atoms with E-state index in [1.165, 1.54) is 5.56 Å². The lowest BCUT2D eigenvalue weighted by Gasteiger charge is -2.19. The molecule has 10 heteroatoms. The molecule has 4 aromatic heterocycles. The van der Waals surface area contributed by atoms with Gasteiger partial charge in [-0.15, -0.1) is 10.2 Å². The van der Waals surface area contributed by atoms with E-state index < -0.39 is 5.60 Å². The lowest BCUT2D eigenvalue weighted by molar-refractivity contribution is -0.155. The van der Waals surface area contributed by atoms with E-state index in [-0.39, 0.29) is 17.9 Å². The van der Waals surface area contributed by atoms with Crippen molar-refractivity contribution in [2.45, 2.75) is 51.2 Å². The predicted octanol–water partition coefficient (Wildman–Crippen LogP) is 5.02. The number of ether oxygens (including phenoxy) is 1. The molecule has 1 aliphatic rings. The number of benzene rings is 2. The van der Waals surface area contributed by atoms with Crippen molar-refractivity contribution in [3.8, 4) is 22.4 Å². The summed E-state index contributed by atoms with van der Waals surface area (Å²) in [6, 6.07) is 18.4. The summed E-state index contributed by atoms with van der Waals surface area (Å²) >= 11 is 0. The molecule has 0 amide bonds. The van der Waals surface area contributed by atoms with E-state index in [1.807, 2.05) is 63.5 Å². The van der Waals surface area contributed by atoms with Crippen LogP contribution in [0.4, 0.5) is 0 Å². The highest BCUT2D eigenvalue weighted by atomic mass is 16.6. The van der Waals surface area contributed by atoms with E-state index in [0.717, 1.165) is 46.3 Å². The molecule has 0 spiro atoms. The minimum atomic E-state index is -0.541. The maximum absolute atomic E-state index is 12.2. The Balaban J connectivity index is 1.19. The van der Waals surface area contributed by atoms with Crippen LogP contribution in [-0.4, -0.2) is 51.1 Å². The van der Waals surface area contributed by atoms with Crippen molar-refractivity contribution in [1.29, 1.82) is 0 Å². The van der Waals surface area contributed by atoms with Gasteiger partial charge in [0.2, 0.25) is 0 Å². The SMILES string of the molecule is CC(C)(C)OC(=O)Cn1cc(-c2cccc(-c3cnc4nnc(C5(c6ccc7ncccc7c6)CC5)n4n3)c2)cn1. The third-order valence-corrected chi connectivity index (χ3v) is 7.30. The molecule has 0 saturated heterocycles. The zero-order valence-electron chi connectivity index (χ0n) is 23.0. The van der Waals surface area contributed by atoms with Gasteiger partial charge in [-0.25, -0.2) is 4.98 Å². The standard InChI is InChI=1S/C31H28N8O2/c1-30(2,3)41-27(40)19-38-18-23(16-34-38)20-6-4-7-21(14-20)26-17-33-29-36-35-28(39(29)37-26)31(11-12-31)24-9-10-25-22(15-24)8-5-13-32-25/h4-10,13-18H,11-12,19H2,1-3H3. The van der Waals surface area contributed by atoms with Crippen LogP contribution in [-0.2, 0) is 21.5 Å². The summed E-state index contributed by atoms with van der Waals surface area (Å²) in [6.07, 6.45) is 9.05. The molecule has 1 aliphatic carbocycles. The van der Waals surface area contributed by atoms with Crippen molar-refractivity contribution in [3.05, 3.63) is 90.8 Å². The van der Waals surface area contributed by atoms with Crippen LogP contribution in [0.5, 0.6) is 0 Å². The van der Waals surface area contributed by atoms with Gasteiger partial charge in [0, 0.05) is 28.9 Å². The third-order valence-electron chi connectivity index (χ3n) is 7.30. The lowest BCUT2D eigenvalue weighted by atomic mass is 9.94. The van der Waals surface area contributed by atoms with Crippen LogP contribution < -0.4 is 0 Å². The van der Waals surface area contributed by atoms with Crippen molar-refractivity contribution >= 4 is 22.6 Å². The molecule has 4 heterocycles. The summed E-state index contributed by atoms with van der Waals surface area (Å²) in [5.74, 6) is 0.935. The van der Waals surface area contributed by atoms with Gasteiger partial charge in [0.15, 0.2) is 5.82 Å². The number of fused-ring (bicyclic) bond motifs is 2. The Morgan fingerprint density at radius 1 is 0.951 bits per heavy atom. The average Bonchev–Trinajstić information content (AvgIpc) is 3.43. The highest BCUT2D eigenvalue weighted by Crippen LogP contribution is 2.53. The fourth-order valence-corrected chi connectivity index (χ4v) is 5.23. The molecular weight excluding hydrogens is 516 g/mol. The number of hydrogen-bond donors (Lipinski definition) is 0. The number of esters is 1. The molecule has 6 aromatic rings. The molecule has 0 radical (unpaired) electrons. The fraction of sp³-hybridized carbons (Fsp3) is 0.258. The summed E-state index contributed by atoms with van der Waals surface area (Å²) in [5, 5.41) is 19.3. The smallest absolute Gasteiger partial charge is 0.328 e. The van der Waals surface area contributed by atoms with Gasteiger partial charge < -0.3 is 4.74 Å². The lowest BCUT2D eigenvalue weighted by Crippen LogP contribution is -2.26. The van der Waals surface area contributed by atoms with Gasteiger partial charge in [0.1, 0.15) is 17.8 Å². The van der Waals surface area contributed by atoms with E-state index in [4.69, 9.17) is 9.84 Å². The molecule has 41 heavy (non-hydrogen) atoms. The monoisotopic (exact) mass is 544 g/mol. The molecule has 0 aliphatic heterocycles. The molecule has 0 bridgehead atoms. The van der Waals surface area contributed by atoms with Gasteiger partial charge in [-0.2, -0.15) is 14.7 Å². The van der Waals surface area contributed by atoms with Crippen LogP contribution in [0.25, 0.3) is 39.1 Å². The van der Waals surface area contributed by atoms with Crippen molar-refractivity contribution in [1.82, 2.24) is 39.6 Å². The van der Waals surface area contributed by atoms with E-state index in [2.05, 4.69) is 49.5 Å². The van der Waals surface area contributed by atoms with Crippen LogP contribution in [0, 0.1) is 0 Å². The van der Waals surface area contributed by atoms with Gasteiger partial charge in [-0.05, 0) is 69.0 Å². The van der Waals surface area contributed by atoms with Gasteiger partial charge in [0.25, 0.3) is 5.78 Å². The fourth-order valence-electron chi connectivity index (χ4n) is 5.23. The second kappa shape index (κ2) is 9.29. The maximum atomic E-state index is 12.2. The van der Waals surface area contributed by atoms with Gasteiger partial charge >= 0.3 is 5.97 Å². The second-order valence-electron chi connectivity index (χ2n) is 11.5. The first-order chi connectivity index (χ1) is 19.8. The van der Waals surface area contributed by atoms with E-state index in [9.17, 15) is 4.79 Å². The number of nitrogens with zero attached hydrogens (tertiary/aromatic N) is 8. The van der Waals surface area contributed by atoms with Crippen LogP contribution >= 0.6 is 0 Å². The van der Waals surface area contributed by atoms with Crippen molar-refractivity contribution in [2.75, 3.05) is 0 Å². The van der Waals surface area contributed by atoms with Gasteiger partial charge in [0.05, 0.1) is 23.3 Å².